The molecule has 1 aromatic rings. The average Bonchev–Trinajstić information content (AvgIpc) is 2.60. The predicted octanol–water partition coefficient (Wildman–Crippen LogP) is 2.17. The molecular formula is C14H18BNO2. The first-order valence-electron chi connectivity index (χ1n) is 8.64. The van der Waals surface area contributed by atoms with Gasteiger partial charge in [-0.15, -0.1) is 0 Å². The van der Waals surface area contributed by atoms with Crippen LogP contribution in [0.1, 0.15) is 47.0 Å². The summed E-state index contributed by atoms with van der Waals surface area (Å²) in [6.07, 6.45) is 0. The van der Waals surface area contributed by atoms with E-state index in [9.17, 15) is 5.26 Å². The van der Waals surface area contributed by atoms with Gasteiger partial charge in [-0.05, 0) is 51.6 Å². The molecular weight excluding hydrogens is 225 g/mol. The number of nitrogens with zero attached hydrogens (tertiary/aromatic N) is 1. The van der Waals surface area contributed by atoms with Crippen molar-refractivity contribution < 1.29 is 17.5 Å². The summed E-state index contributed by atoms with van der Waals surface area (Å²) >= 11 is 0. The fourth-order valence-corrected chi connectivity index (χ4v) is 1.58. The Bertz CT molecular complexity index is 722. The average molecular weight is 249 g/mol. The van der Waals surface area contributed by atoms with E-state index in [0.717, 1.165) is 0 Å². The van der Waals surface area contributed by atoms with Gasteiger partial charge < -0.3 is 9.31 Å². The molecule has 1 aliphatic heterocycles. The summed E-state index contributed by atoms with van der Waals surface area (Å²) in [5.41, 5.74) is -2.65. The molecule has 0 spiro atoms. The van der Waals surface area contributed by atoms with Crippen molar-refractivity contribution in [3.63, 3.8) is 0 Å². The molecule has 0 unspecified atom stereocenters. The number of hydrogen-bond donors (Lipinski definition) is 0. The van der Waals surface area contributed by atoms with Gasteiger partial charge in [-0.25, -0.2) is 0 Å². The van der Waals surface area contributed by atoms with E-state index in [4.69, 9.17) is 17.5 Å². The Morgan fingerprint density at radius 2 is 1.89 bits per heavy atom. The Kier molecular flexibility index (Phi) is 1.67. The highest BCUT2D eigenvalue weighted by atomic mass is 16.7. The molecule has 1 fully saturated rings. The van der Waals surface area contributed by atoms with Gasteiger partial charge in [0.2, 0.25) is 0 Å². The van der Waals surface area contributed by atoms with Crippen LogP contribution in [0.3, 0.4) is 0 Å². The van der Waals surface area contributed by atoms with Crippen LogP contribution in [0.2, 0.25) is 0 Å². The topological polar surface area (TPSA) is 42.2 Å². The lowest BCUT2D eigenvalue weighted by atomic mass is 9.78. The molecule has 0 saturated carbocycles. The van der Waals surface area contributed by atoms with Gasteiger partial charge in [0.15, 0.2) is 0 Å². The fourth-order valence-electron chi connectivity index (χ4n) is 1.58. The third-order valence-corrected chi connectivity index (χ3v) is 3.43. The molecule has 1 saturated heterocycles. The first-order chi connectivity index (χ1) is 10.7. The Labute approximate surface area is 117 Å². The molecule has 1 aromatic carbocycles. The highest BCUT2D eigenvalue weighted by Gasteiger charge is 2.51. The lowest BCUT2D eigenvalue weighted by molar-refractivity contribution is 0.00578. The van der Waals surface area contributed by atoms with E-state index in [-0.39, 0.29) is 5.46 Å². The second-order valence-electron chi connectivity index (χ2n) is 5.24. The van der Waals surface area contributed by atoms with Crippen molar-refractivity contribution in [3.8, 4) is 6.07 Å². The maximum Gasteiger partial charge on any atom is 0.494 e. The van der Waals surface area contributed by atoms with Crippen LogP contribution in [0.25, 0.3) is 0 Å². The maximum atomic E-state index is 9.18. The summed E-state index contributed by atoms with van der Waals surface area (Å²) in [7, 11) is -1.15. The minimum Gasteiger partial charge on any atom is -0.399 e. The molecule has 0 N–H and O–H groups in total. The number of benzene rings is 1. The second-order valence-corrected chi connectivity index (χ2v) is 5.24. The lowest BCUT2D eigenvalue weighted by Gasteiger charge is -2.32. The van der Waals surface area contributed by atoms with Crippen molar-refractivity contribution in [2.75, 3.05) is 0 Å². The van der Waals surface area contributed by atoms with Crippen molar-refractivity contribution in [2.24, 2.45) is 0 Å². The van der Waals surface area contributed by atoms with Crippen LogP contribution in [0.5, 0.6) is 0 Å². The Morgan fingerprint density at radius 3 is 2.39 bits per heavy atom. The zero-order valence-electron chi connectivity index (χ0n) is 16.8. The van der Waals surface area contributed by atoms with Gasteiger partial charge in [0, 0.05) is 4.11 Å². The van der Waals surface area contributed by atoms with Gasteiger partial charge >= 0.3 is 7.12 Å². The second kappa shape index (κ2) is 4.12. The molecule has 0 aromatic heterocycles. The van der Waals surface area contributed by atoms with Gasteiger partial charge in [-0.1, -0.05) is 12.1 Å². The van der Waals surface area contributed by atoms with Crippen molar-refractivity contribution in [3.05, 3.63) is 29.3 Å². The third kappa shape index (κ3) is 2.05. The summed E-state index contributed by atoms with van der Waals surface area (Å²) in [6.45, 7) is 4.39. The predicted molar refractivity (Wildman–Crippen MR) is 71.6 cm³/mol. The van der Waals surface area contributed by atoms with Gasteiger partial charge in [0.1, 0.15) is 0 Å². The zero-order chi connectivity index (χ0) is 18.7. The van der Waals surface area contributed by atoms with Crippen LogP contribution < -0.4 is 5.46 Å². The normalized spacial score (nSPS) is 26.3. The molecule has 1 aliphatic rings. The van der Waals surface area contributed by atoms with Crippen molar-refractivity contribution >= 4 is 12.6 Å². The van der Waals surface area contributed by atoms with E-state index in [1.54, 1.807) is 33.8 Å². The molecule has 3 nitrogen and oxygen atoms in total. The zero-order valence-corrected chi connectivity index (χ0v) is 10.8. The van der Waals surface area contributed by atoms with Crippen LogP contribution in [0.4, 0.5) is 0 Å². The van der Waals surface area contributed by atoms with Crippen LogP contribution in [-0.4, -0.2) is 18.3 Å². The molecule has 0 amide bonds. The smallest absolute Gasteiger partial charge is 0.399 e. The number of rotatable bonds is 1. The SMILES string of the molecule is [2H]c1c([2H])c(B2OC(C)(C)C(C)(C)O2)c([2H])c(C([2H])([2H])[2H])c1C#N. The highest BCUT2D eigenvalue weighted by Crippen LogP contribution is 2.36. The molecule has 0 bridgehead atoms. The first kappa shape index (κ1) is 7.32. The molecule has 94 valence electrons. The van der Waals surface area contributed by atoms with Gasteiger partial charge in [-0.2, -0.15) is 5.26 Å². The fraction of sp³-hybridized carbons (Fsp3) is 0.500. The maximum absolute atomic E-state index is 9.18. The summed E-state index contributed by atoms with van der Waals surface area (Å²) in [5, 5.41) is 9.18. The van der Waals surface area contributed by atoms with Gasteiger partial charge in [0.25, 0.3) is 0 Å². The van der Waals surface area contributed by atoms with Gasteiger partial charge in [0.05, 0.1) is 26.9 Å². The third-order valence-electron chi connectivity index (χ3n) is 3.43. The highest BCUT2D eigenvalue weighted by molar-refractivity contribution is 6.62. The van der Waals surface area contributed by atoms with Crippen molar-refractivity contribution in [1.29, 1.82) is 5.26 Å². The number of nitriles is 1. The molecule has 18 heavy (non-hydrogen) atoms. The lowest BCUT2D eigenvalue weighted by Crippen LogP contribution is -2.41. The summed E-state index contributed by atoms with van der Waals surface area (Å²) < 4.78 is 58.6. The van der Waals surface area contributed by atoms with Crippen LogP contribution >= 0.6 is 0 Å². The first-order valence-corrected chi connectivity index (χ1v) is 5.64. The Hall–Kier alpha value is -1.31. The van der Waals surface area contributed by atoms with Gasteiger partial charge in [-0.3, -0.25) is 0 Å². The van der Waals surface area contributed by atoms with E-state index in [1.165, 1.54) is 0 Å². The monoisotopic (exact) mass is 249 g/mol. The Morgan fingerprint density at radius 1 is 1.28 bits per heavy atom. The quantitative estimate of drug-likeness (QED) is 0.716. The molecule has 0 radical (unpaired) electrons. The van der Waals surface area contributed by atoms with Crippen LogP contribution in [0.15, 0.2) is 18.1 Å². The molecule has 0 aliphatic carbocycles. The van der Waals surface area contributed by atoms with E-state index < -0.39 is 54.4 Å². The standard InChI is InChI=1S/C14H18BNO2/c1-10-8-12(7-6-11(10)9-16)15-17-13(2,3)14(4,5)18-15/h6-8H,1-5H3/i1D3,6D,7D,8D. The van der Waals surface area contributed by atoms with Crippen molar-refractivity contribution in [1.82, 2.24) is 0 Å². The largest absolute Gasteiger partial charge is 0.494 e. The van der Waals surface area contributed by atoms with E-state index in [0.29, 0.717) is 0 Å². The molecule has 0 atom stereocenters. The van der Waals surface area contributed by atoms with E-state index in [1.807, 2.05) is 0 Å². The minimum absolute atomic E-state index is 0.135. The van der Waals surface area contributed by atoms with Crippen molar-refractivity contribution in [2.45, 2.75) is 45.7 Å². The summed E-state index contributed by atoms with van der Waals surface area (Å²) in [5.74, 6) is 0. The summed E-state index contributed by atoms with van der Waals surface area (Å²) in [6, 6.07) is 0.160. The molecule has 4 heteroatoms. The molecule has 1 heterocycles. The summed E-state index contributed by atoms with van der Waals surface area (Å²) in [4.78, 5) is 0. The van der Waals surface area contributed by atoms with E-state index in [2.05, 4.69) is 0 Å². The van der Waals surface area contributed by atoms with E-state index >= 15 is 0 Å². The number of hydrogen-bond acceptors (Lipinski definition) is 3. The Balaban J connectivity index is 2.75. The van der Waals surface area contributed by atoms with Crippen LogP contribution in [0, 0.1) is 18.2 Å². The minimum atomic E-state index is -2.76. The molecule has 2 rings (SSSR count). The van der Waals surface area contributed by atoms with Crippen LogP contribution in [-0.2, 0) is 9.31 Å².